The molecule has 0 spiro atoms. The molecule has 0 aliphatic rings. The molecule has 0 aliphatic heterocycles. The number of hydrogen-bond acceptors (Lipinski definition) is 2. The van der Waals surface area contributed by atoms with Crippen LogP contribution in [0.15, 0.2) is 30.3 Å². The van der Waals surface area contributed by atoms with Crippen LogP contribution in [0.5, 0.6) is 0 Å². The second-order valence-electron chi connectivity index (χ2n) is 4.95. The van der Waals surface area contributed by atoms with Gasteiger partial charge in [-0.1, -0.05) is 43.7 Å². The largest absolute Gasteiger partial charge is 0.300 e. The standard InChI is InChI=1S/C16H22O2/c1-4-8-15(11-12(2)17)16(13(3)18)14-9-6-5-7-10-14/h5-7,9-10,15-16H,4,8,11H2,1-3H3. The van der Waals surface area contributed by atoms with E-state index in [-0.39, 0.29) is 23.4 Å². The highest BCUT2D eigenvalue weighted by molar-refractivity contribution is 5.85. The van der Waals surface area contributed by atoms with Gasteiger partial charge in [-0.05, 0) is 31.7 Å². The number of ketones is 2. The molecule has 1 aromatic rings. The van der Waals surface area contributed by atoms with E-state index in [0.29, 0.717) is 6.42 Å². The predicted molar refractivity (Wildman–Crippen MR) is 73.6 cm³/mol. The maximum atomic E-state index is 11.9. The summed E-state index contributed by atoms with van der Waals surface area (Å²) in [5.74, 6) is 0.305. The molecule has 0 heterocycles. The molecule has 0 aliphatic carbocycles. The summed E-state index contributed by atoms with van der Waals surface area (Å²) < 4.78 is 0. The lowest BCUT2D eigenvalue weighted by Crippen LogP contribution is -2.22. The van der Waals surface area contributed by atoms with Crippen molar-refractivity contribution in [3.8, 4) is 0 Å². The molecule has 0 radical (unpaired) electrons. The lowest BCUT2D eigenvalue weighted by Gasteiger charge is -2.24. The van der Waals surface area contributed by atoms with Gasteiger partial charge in [0.05, 0.1) is 0 Å². The molecular formula is C16H22O2. The average Bonchev–Trinajstić information content (AvgIpc) is 2.29. The Hall–Kier alpha value is -1.44. The van der Waals surface area contributed by atoms with E-state index in [9.17, 15) is 9.59 Å². The first-order valence-electron chi connectivity index (χ1n) is 6.61. The first-order chi connectivity index (χ1) is 8.56. The van der Waals surface area contributed by atoms with Crippen LogP contribution < -0.4 is 0 Å². The third-order valence-electron chi connectivity index (χ3n) is 3.28. The SMILES string of the molecule is CCCC(CC(C)=O)C(C(C)=O)c1ccccc1. The number of hydrogen-bond donors (Lipinski definition) is 0. The molecule has 0 aromatic heterocycles. The first-order valence-corrected chi connectivity index (χ1v) is 6.61. The summed E-state index contributed by atoms with van der Waals surface area (Å²) in [5.41, 5.74) is 1.03. The average molecular weight is 246 g/mol. The van der Waals surface area contributed by atoms with Gasteiger partial charge in [-0.15, -0.1) is 0 Å². The number of Topliss-reactive ketones (excluding diaryl/α,β-unsaturated/α-hetero) is 2. The van der Waals surface area contributed by atoms with Gasteiger partial charge in [-0.3, -0.25) is 4.79 Å². The molecule has 98 valence electrons. The van der Waals surface area contributed by atoms with E-state index in [4.69, 9.17) is 0 Å². The molecule has 0 N–H and O–H groups in total. The Morgan fingerprint density at radius 1 is 1.11 bits per heavy atom. The summed E-state index contributed by atoms with van der Waals surface area (Å²) in [4.78, 5) is 23.3. The zero-order valence-electron chi connectivity index (χ0n) is 11.5. The van der Waals surface area contributed by atoms with Crippen molar-refractivity contribution >= 4 is 11.6 Å². The molecule has 1 rings (SSSR count). The lowest BCUT2D eigenvalue weighted by molar-refractivity contribution is -0.121. The van der Waals surface area contributed by atoms with Crippen molar-refractivity contribution in [3.63, 3.8) is 0 Å². The van der Waals surface area contributed by atoms with E-state index in [1.807, 2.05) is 30.3 Å². The predicted octanol–water partition coefficient (Wildman–Crippen LogP) is 3.75. The minimum Gasteiger partial charge on any atom is -0.300 e. The monoisotopic (exact) mass is 246 g/mol. The molecule has 2 heteroatoms. The van der Waals surface area contributed by atoms with Crippen LogP contribution in [0.3, 0.4) is 0 Å². The molecule has 0 saturated carbocycles. The normalized spacial score (nSPS) is 13.9. The van der Waals surface area contributed by atoms with Crippen molar-refractivity contribution in [2.45, 2.75) is 46.0 Å². The van der Waals surface area contributed by atoms with Crippen LogP contribution in [-0.2, 0) is 9.59 Å². The number of carbonyl (C=O) groups is 2. The maximum absolute atomic E-state index is 11.9. The van der Waals surface area contributed by atoms with Crippen LogP contribution in [0.4, 0.5) is 0 Å². The third-order valence-corrected chi connectivity index (χ3v) is 3.28. The highest BCUT2D eigenvalue weighted by Crippen LogP contribution is 2.31. The molecular weight excluding hydrogens is 224 g/mol. The Morgan fingerprint density at radius 3 is 2.17 bits per heavy atom. The summed E-state index contributed by atoms with van der Waals surface area (Å²) in [7, 11) is 0. The topological polar surface area (TPSA) is 34.1 Å². The fraction of sp³-hybridized carbons (Fsp3) is 0.500. The molecule has 18 heavy (non-hydrogen) atoms. The van der Waals surface area contributed by atoms with Crippen LogP contribution in [0.1, 0.15) is 51.5 Å². The van der Waals surface area contributed by atoms with Crippen LogP contribution in [-0.4, -0.2) is 11.6 Å². The molecule has 2 unspecified atom stereocenters. The van der Waals surface area contributed by atoms with Crippen LogP contribution in [0.2, 0.25) is 0 Å². The highest BCUT2D eigenvalue weighted by atomic mass is 16.1. The smallest absolute Gasteiger partial charge is 0.137 e. The van der Waals surface area contributed by atoms with Crippen molar-refractivity contribution in [1.29, 1.82) is 0 Å². The summed E-state index contributed by atoms with van der Waals surface area (Å²) in [6.07, 6.45) is 2.40. The number of rotatable bonds is 7. The maximum Gasteiger partial charge on any atom is 0.137 e. The molecule has 1 aromatic carbocycles. The van der Waals surface area contributed by atoms with Crippen molar-refractivity contribution in [2.75, 3.05) is 0 Å². The van der Waals surface area contributed by atoms with Gasteiger partial charge in [-0.2, -0.15) is 0 Å². The first kappa shape index (κ1) is 14.6. The van der Waals surface area contributed by atoms with Gasteiger partial charge in [0.25, 0.3) is 0 Å². The molecule has 2 nitrogen and oxygen atoms in total. The van der Waals surface area contributed by atoms with Gasteiger partial charge in [0.1, 0.15) is 11.6 Å². The summed E-state index contributed by atoms with van der Waals surface area (Å²) >= 11 is 0. The van der Waals surface area contributed by atoms with Crippen molar-refractivity contribution < 1.29 is 9.59 Å². The molecule has 2 atom stereocenters. The zero-order chi connectivity index (χ0) is 13.5. The van der Waals surface area contributed by atoms with E-state index in [1.165, 1.54) is 0 Å². The highest BCUT2D eigenvalue weighted by Gasteiger charge is 2.27. The third kappa shape index (κ3) is 4.10. The Morgan fingerprint density at radius 2 is 1.72 bits per heavy atom. The lowest BCUT2D eigenvalue weighted by atomic mass is 9.78. The Kier molecular flexibility index (Phi) is 5.76. The fourth-order valence-electron chi connectivity index (χ4n) is 2.63. The van der Waals surface area contributed by atoms with Crippen LogP contribution >= 0.6 is 0 Å². The molecule has 0 fully saturated rings. The fourth-order valence-corrected chi connectivity index (χ4v) is 2.63. The van der Waals surface area contributed by atoms with E-state index < -0.39 is 0 Å². The van der Waals surface area contributed by atoms with E-state index in [1.54, 1.807) is 13.8 Å². The van der Waals surface area contributed by atoms with Gasteiger partial charge in [0, 0.05) is 12.3 Å². The Bertz CT molecular complexity index is 395. The Balaban J connectivity index is 3.00. The van der Waals surface area contributed by atoms with Gasteiger partial charge < -0.3 is 4.79 Å². The van der Waals surface area contributed by atoms with E-state index in [0.717, 1.165) is 18.4 Å². The van der Waals surface area contributed by atoms with Crippen molar-refractivity contribution in [1.82, 2.24) is 0 Å². The second kappa shape index (κ2) is 7.10. The van der Waals surface area contributed by atoms with Crippen LogP contribution in [0, 0.1) is 5.92 Å². The minimum absolute atomic E-state index is 0.132. The molecule has 0 bridgehead atoms. The van der Waals surface area contributed by atoms with Gasteiger partial charge in [0.2, 0.25) is 0 Å². The molecule has 0 saturated heterocycles. The zero-order valence-corrected chi connectivity index (χ0v) is 11.5. The summed E-state index contributed by atoms with van der Waals surface area (Å²) in [6.45, 7) is 5.32. The van der Waals surface area contributed by atoms with Gasteiger partial charge >= 0.3 is 0 Å². The Labute approximate surface area is 109 Å². The minimum atomic E-state index is -0.143. The quantitative estimate of drug-likeness (QED) is 0.734. The van der Waals surface area contributed by atoms with Crippen molar-refractivity contribution in [3.05, 3.63) is 35.9 Å². The van der Waals surface area contributed by atoms with E-state index >= 15 is 0 Å². The molecule has 0 amide bonds. The van der Waals surface area contributed by atoms with E-state index in [2.05, 4.69) is 6.92 Å². The van der Waals surface area contributed by atoms with Crippen molar-refractivity contribution in [2.24, 2.45) is 5.92 Å². The van der Waals surface area contributed by atoms with Crippen LogP contribution in [0.25, 0.3) is 0 Å². The summed E-state index contributed by atoms with van der Waals surface area (Å²) in [6, 6.07) is 9.80. The second-order valence-corrected chi connectivity index (χ2v) is 4.95. The number of benzene rings is 1. The summed E-state index contributed by atoms with van der Waals surface area (Å²) in [5, 5.41) is 0. The van der Waals surface area contributed by atoms with Gasteiger partial charge in [-0.25, -0.2) is 0 Å². The van der Waals surface area contributed by atoms with Gasteiger partial charge in [0.15, 0.2) is 0 Å². The number of carbonyl (C=O) groups excluding carboxylic acids is 2.